The first-order valence-electron chi connectivity index (χ1n) is 26.5. The zero-order valence-corrected chi connectivity index (χ0v) is 46.9. The molecule has 2 atom stereocenters. The number of halogens is 2. The van der Waals surface area contributed by atoms with E-state index in [-0.39, 0.29) is 7.25 Å². The third-order valence-electron chi connectivity index (χ3n) is 17.2. The van der Waals surface area contributed by atoms with Gasteiger partial charge in [0.05, 0.1) is 0 Å². The van der Waals surface area contributed by atoms with Gasteiger partial charge in [-0.1, -0.05) is 0 Å². The van der Waals surface area contributed by atoms with Gasteiger partial charge in [0, 0.05) is 0 Å². The number of aryl methyl sites for hydroxylation is 4. The third-order valence-corrected chi connectivity index (χ3v) is 68.9. The number of benzene rings is 6. The summed E-state index contributed by atoms with van der Waals surface area (Å²) in [5.41, 5.74) is 24.2. The second kappa shape index (κ2) is 19.9. The van der Waals surface area contributed by atoms with Crippen LogP contribution in [0.25, 0.3) is 56.7 Å². The first kappa shape index (κ1) is 48.1. The van der Waals surface area contributed by atoms with Gasteiger partial charge < -0.3 is 0 Å². The minimum absolute atomic E-state index is 0.00576. The van der Waals surface area contributed by atoms with E-state index in [4.69, 9.17) is 0 Å². The Kier molecular flexibility index (Phi) is 14.1. The zero-order valence-electron chi connectivity index (χ0n) is 41.7. The Hall–Kier alpha value is -3.52. The van der Waals surface area contributed by atoms with Gasteiger partial charge in [-0.2, -0.15) is 0 Å². The summed E-state index contributed by atoms with van der Waals surface area (Å²) >= 11 is -5.44. The van der Waals surface area contributed by atoms with Gasteiger partial charge in [-0.05, 0) is 0 Å². The molecule has 2 unspecified atom stereocenters. The van der Waals surface area contributed by atoms with Gasteiger partial charge in [-0.25, -0.2) is 0 Å². The normalized spacial score (nSPS) is 19.7. The van der Waals surface area contributed by atoms with Crippen LogP contribution in [0, 0.1) is 39.5 Å². The van der Waals surface area contributed by atoms with E-state index < -0.39 is 21.5 Å². The molecule has 6 aromatic carbocycles. The van der Waals surface area contributed by atoms with Gasteiger partial charge in [0.2, 0.25) is 0 Å². The van der Waals surface area contributed by atoms with Gasteiger partial charge in [0.15, 0.2) is 0 Å². The van der Waals surface area contributed by atoms with Crippen LogP contribution in [0.15, 0.2) is 132 Å². The summed E-state index contributed by atoms with van der Waals surface area (Å²) in [7, 11) is 19.3. The molecule has 4 aliphatic carbocycles. The van der Waals surface area contributed by atoms with Crippen LogP contribution in [-0.4, -0.2) is 5.92 Å². The number of fused-ring (bicyclic) bond motifs is 2. The molecule has 4 aliphatic rings. The molecule has 68 heavy (non-hydrogen) atoms. The fourth-order valence-corrected chi connectivity index (χ4v) is 44.4. The second-order valence-electron chi connectivity index (χ2n) is 22.2. The van der Waals surface area contributed by atoms with Crippen molar-refractivity contribution in [3.05, 3.63) is 177 Å². The Bertz CT molecular complexity index is 2640. The maximum atomic E-state index is 9.65. The molecule has 351 valence electrons. The SMILES string of the molecule is Cc1ccc(-c2ccc(-c3ccc(C)cc3)c3c2C=C(CC2CCCCCC2)[CH]3[Zr]([Cl])([Cl])([CH]2C(CC3CCCCCC3)=Cc3c(-c4ccc(C)cc4)ccc(-c4ccc(C)cc4)c32)[SiH](C)C)cc1. The summed E-state index contributed by atoms with van der Waals surface area (Å²) in [5.74, 6) is -0.647. The average molecular weight is 1030 g/mol. The summed E-state index contributed by atoms with van der Waals surface area (Å²) in [4.78, 5) is 0. The minimum atomic E-state index is -5.44. The molecule has 0 amide bonds. The summed E-state index contributed by atoms with van der Waals surface area (Å²) in [5, 5.41) is 0. The van der Waals surface area contributed by atoms with Crippen molar-refractivity contribution >= 4 is 35.1 Å². The van der Waals surface area contributed by atoms with Crippen LogP contribution in [-0.2, 0) is 15.6 Å². The fourth-order valence-electron chi connectivity index (χ4n) is 13.3. The molecule has 0 aliphatic heterocycles. The maximum absolute atomic E-state index is 9.65. The molecule has 0 N–H and O–H groups in total. The van der Waals surface area contributed by atoms with Crippen molar-refractivity contribution in [2.45, 2.75) is 138 Å². The molecular weight excluding hydrogens is 959 g/mol. The Morgan fingerprint density at radius 2 is 0.676 bits per heavy atom. The predicted octanol–water partition coefficient (Wildman–Crippen LogP) is 19.9. The van der Waals surface area contributed by atoms with E-state index in [2.05, 4.69) is 174 Å². The van der Waals surface area contributed by atoms with Crippen molar-refractivity contribution in [2.24, 2.45) is 11.8 Å². The topological polar surface area (TPSA) is 0 Å². The Morgan fingerprint density at radius 1 is 0.397 bits per heavy atom. The number of hydrogen-bond donors (Lipinski definition) is 0. The van der Waals surface area contributed by atoms with Gasteiger partial charge in [0.25, 0.3) is 0 Å². The number of allylic oxidation sites excluding steroid dienone is 2. The first-order chi connectivity index (χ1) is 32.9. The van der Waals surface area contributed by atoms with Crippen LogP contribution in [0.1, 0.15) is 142 Å². The summed E-state index contributed by atoms with van der Waals surface area (Å²) in [6, 6.07) is 46.9. The number of hydrogen-bond acceptors (Lipinski definition) is 0. The van der Waals surface area contributed by atoms with E-state index in [9.17, 15) is 17.0 Å². The van der Waals surface area contributed by atoms with Crippen molar-refractivity contribution in [3.63, 3.8) is 0 Å². The van der Waals surface area contributed by atoms with Gasteiger partial charge >= 0.3 is 422 Å². The molecule has 0 heterocycles. The summed E-state index contributed by atoms with van der Waals surface area (Å²) in [6.07, 6.45) is 23.4. The van der Waals surface area contributed by atoms with E-state index in [1.165, 1.54) is 166 Å². The van der Waals surface area contributed by atoms with E-state index >= 15 is 0 Å². The van der Waals surface area contributed by atoms with Crippen LogP contribution in [0.5, 0.6) is 0 Å². The van der Waals surface area contributed by atoms with Crippen molar-refractivity contribution in [1.29, 1.82) is 0 Å². The molecule has 10 rings (SSSR count). The van der Waals surface area contributed by atoms with Crippen molar-refractivity contribution in [1.82, 2.24) is 0 Å². The van der Waals surface area contributed by atoms with E-state index in [1.807, 2.05) is 0 Å². The van der Waals surface area contributed by atoms with E-state index in [1.54, 1.807) is 11.1 Å². The van der Waals surface area contributed by atoms with Crippen LogP contribution < -0.4 is 0 Å². The molecule has 0 radical (unpaired) electrons. The predicted molar refractivity (Wildman–Crippen MR) is 297 cm³/mol. The van der Waals surface area contributed by atoms with Crippen LogP contribution in [0.2, 0.25) is 13.1 Å². The van der Waals surface area contributed by atoms with Gasteiger partial charge in [-0.15, -0.1) is 0 Å². The molecule has 2 saturated carbocycles. The number of rotatable bonds is 11. The van der Waals surface area contributed by atoms with E-state index in [0.29, 0.717) is 11.8 Å². The molecule has 0 spiro atoms. The Labute approximate surface area is 418 Å². The zero-order chi connectivity index (χ0) is 47.2. The third kappa shape index (κ3) is 9.17. The second-order valence-corrected chi connectivity index (χ2v) is 64.8. The molecular formula is C64H73Cl2SiZr. The molecule has 0 nitrogen and oxygen atoms in total. The molecule has 6 aromatic rings. The van der Waals surface area contributed by atoms with E-state index in [0.717, 1.165) is 12.8 Å². The Morgan fingerprint density at radius 3 is 0.971 bits per heavy atom. The quantitative estimate of drug-likeness (QED) is 0.0896. The van der Waals surface area contributed by atoms with Gasteiger partial charge in [-0.3, -0.25) is 0 Å². The van der Waals surface area contributed by atoms with Gasteiger partial charge in [0.1, 0.15) is 0 Å². The molecule has 0 aromatic heterocycles. The standard InChI is InChI=1S/2C31H33.C2H7Si.2ClH.Zr/c2*1-22-9-13-26(14-10-22)28-17-18-29(27-15-11-23(2)12-16-27)31-21-25(20-30(28)31)19-24-7-5-3-4-6-8-24;1-3-2;;;/h2*9-18,20-21,24H,3-8,19H2,1-2H3;3H,1-2H3;2*1H;/q;;;;;+2/p-2. The first-order valence-corrected chi connectivity index (χ1v) is 42.8. The van der Waals surface area contributed by atoms with Crippen LogP contribution in [0.4, 0.5) is 0 Å². The van der Waals surface area contributed by atoms with Crippen molar-refractivity contribution in [3.8, 4) is 44.5 Å². The van der Waals surface area contributed by atoms with Crippen molar-refractivity contribution in [2.75, 3.05) is 0 Å². The molecule has 2 fully saturated rings. The summed E-state index contributed by atoms with van der Waals surface area (Å²) < 4.78 is -0.0115. The summed E-state index contributed by atoms with van der Waals surface area (Å²) in [6.45, 7) is 14.0. The molecule has 0 bridgehead atoms. The monoisotopic (exact) mass is 1030 g/mol. The molecule has 0 saturated heterocycles. The fraction of sp³-hybridized carbons (Fsp3) is 0.375. The van der Waals surface area contributed by atoms with Crippen molar-refractivity contribution < 1.29 is 15.6 Å². The average Bonchev–Trinajstić information content (AvgIpc) is 3.66. The Balaban J connectivity index is 1.29. The van der Waals surface area contributed by atoms with Crippen LogP contribution in [0.3, 0.4) is 0 Å². The van der Waals surface area contributed by atoms with Crippen LogP contribution >= 0.6 is 17.0 Å². The molecule has 4 heteroatoms.